The molecule has 1 aliphatic carbocycles. The minimum absolute atomic E-state index is 0.0508. The quantitative estimate of drug-likeness (QED) is 0.875. The molecule has 0 heterocycles. The van der Waals surface area contributed by atoms with Crippen LogP contribution in [-0.4, -0.2) is 18.6 Å². The minimum Gasteiger partial charge on any atom is -0.490 e. The molecule has 2 unspecified atom stereocenters. The Morgan fingerprint density at radius 1 is 1.13 bits per heavy atom. The molecule has 0 bridgehead atoms. The summed E-state index contributed by atoms with van der Waals surface area (Å²) in [5.41, 5.74) is 1.98. The summed E-state index contributed by atoms with van der Waals surface area (Å²) in [5.74, 6) is 1.72. The Kier molecular flexibility index (Phi) is 4.65. The summed E-state index contributed by atoms with van der Waals surface area (Å²) >= 11 is 0. The third kappa shape index (κ3) is 3.92. The van der Waals surface area contributed by atoms with E-state index in [4.69, 9.17) is 4.74 Å². The number of rotatable bonds is 6. The van der Waals surface area contributed by atoms with Gasteiger partial charge in [0.05, 0.1) is 11.7 Å². The first-order chi connectivity index (χ1) is 11.1. The zero-order valence-electron chi connectivity index (χ0n) is 13.7. The van der Waals surface area contributed by atoms with Crippen LogP contribution in [0.5, 0.6) is 5.75 Å². The number of hydrogen-bond acceptors (Lipinski definition) is 2. The van der Waals surface area contributed by atoms with E-state index in [-0.39, 0.29) is 12.0 Å². The van der Waals surface area contributed by atoms with Gasteiger partial charge in [0.2, 0.25) is 0 Å². The van der Waals surface area contributed by atoms with Gasteiger partial charge in [-0.05, 0) is 49.8 Å². The van der Waals surface area contributed by atoms with Crippen LogP contribution in [0.1, 0.15) is 42.1 Å². The van der Waals surface area contributed by atoms with Crippen molar-refractivity contribution in [3.8, 4) is 5.75 Å². The number of benzene rings is 2. The van der Waals surface area contributed by atoms with E-state index in [2.05, 4.69) is 29.6 Å². The maximum absolute atomic E-state index is 12.4. The Hall–Kier alpha value is -2.29. The summed E-state index contributed by atoms with van der Waals surface area (Å²) in [7, 11) is 0. The molecule has 1 aliphatic rings. The van der Waals surface area contributed by atoms with Crippen molar-refractivity contribution in [2.24, 2.45) is 5.92 Å². The SMILES string of the molecule is CC(C)Oc1ccccc1C(=O)NCC1CC1c1ccccc1. The second kappa shape index (κ2) is 6.86. The topological polar surface area (TPSA) is 38.3 Å². The van der Waals surface area contributed by atoms with Gasteiger partial charge in [0.25, 0.3) is 5.91 Å². The normalized spacial score (nSPS) is 19.4. The van der Waals surface area contributed by atoms with Gasteiger partial charge in [0, 0.05) is 6.54 Å². The molecule has 3 nitrogen and oxygen atoms in total. The lowest BCUT2D eigenvalue weighted by Gasteiger charge is -2.14. The molecule has 0 saturated heterocycles. The highest BCUT2D eigenvalue weighted by molar-refractivity contribution is 5.96. The van der Waals surface area contributed by atoms with Crippen molar-refractivity contribution < 1.29 is 9.53 Å². The zero-order valence-corrected chi connectivity index (χ0v) is 13.7. The van der Waals surface area contributed by atoms with Gasteiger partial charge < -0.3 is 10.1 Å². The lowest BCUT2D eigenvalue weighted by atomic mass is 10.1. The molecule has 1 fully saturated rings. The molecule has 23 heavy (non-hydrogen) atoms. The van der Waals surface area contributed by atoms with Gasteiger partial charge in [-0.25, -0.2) is 0 Å². The third-order valence-corrected chi connectivity index (χ3v) is 4.17. The molecule has 1 amide bonds. The maximum Gasteiger partial charge on any atom is 0.255 e. The lowest BCUT2D eigenvalue weighted by molar-refractivity contribution is 0.0945. The van der Waals surface area contributed by atoms with Crippen molar-refractivity contribution in [1.82, 2.24) is 5.32 Å². The highest BCUT2D eigenvalue weighted by Gasteiger charge is 2.38. The van der Waals surface area contributed by atoms with Crippen LogP contribution in [0.4, 0.5) is 0 Å². The first-order valence-corrected chi connectivity index (χ1v) is 8.24. The molecule has 0 spiro atoms. The van der Waals surface area contributed by atoms with Crippen molar-refractivity contribution in [3.63, 3.8) is 0 Å². The Labute approximate surface area is 137 Å². The molecule has 2 aromatic carbocycles. The molecule has 1 saturated carbocycles. The van der Waals surface area contributed by atoms with E-state index in [1.54, 1.807) is 0 Å². The summed E-state index contributed by atoms with van der Waals surface area (Å²) in [4.78, 5) is 12.4. The van der Waals surface area contributed by atoms with E-state index in [1.807, 2.05) is 44.2 Å². The summed E-state index contributed by atoms with van der Waals surface area (Å²) in [6.45, 7) is 4.64. The standard InChI is InChI=1S/C20H23NO2/c1-14(2)23-19-11-7-6-10-17(19)20(22)21-13-16-12-18(16)15-8-4-3-5-9-15/h3-11,14,16,18H,12-13H2,1-2H3,(H,21,22). The van der Waals surface area contributed by atoms with Crippen LogP contribution in [-0.2, 0) is 0 Å². The molecule has 0 aromatic heterocycles. The number of nitrogens with one attached hydrogen (secondary N) is 1. The van der Waals surface area contributed by atoms with Crippen molar-refractivity contribution >= 4 is 5.91 Å². The minimum atomic E-state index is -0.0556. The van der Waals surface area contributed by atoms with Crippen LogP contribution in [0.15, 0.2) is 54.6 Å². The molecule has 3 rings (SSSR count). The van der Waals surface area contributed by atoms with Crippen LogP contribution in [0.25, 0.3) is 0 Å². The molecule has 120 valence electrons. The van der Waals surface area contributed by atoms with E-state index < -0.39 is 0 Å². The van der Waals surface area contributed by atoms with Gasteiger partial charge >= 0.3 is 0 Å². The Morgan fingerprint density at radius 3 is 2.57 bits per heavy atom. The second-order valence-electron chi connectivity index (χ2n) is 6.39. The van der Waals surface area contributed by atoms with Gasteiger partial charge in [-0.2, -0.15) is 0 Å². The van der Waals surface area contributed by atoms with Crippen LogP contribution in [0, 0.1) is 5.92 Å². The molecule has 2 aromatic rings. The van der Waals surface area contributed by atoms with Gasteiger partial charge in [0.15, 0.2) is 0 Å². The Balaban J connectivity index is 1.57. The number of carbonyl (C=O) groups excluding carboxylic acids is 1. The highest BCUT2D eigenvalue weighted by Crippen LogP contribution is 2.46. The highest BCUT2D eigenvalue weighted by atomic mass is 16.5. The average molecular weight is 309 g/mol. The number of ether oxygens (including phenoxy) is 1. The molecular formula is C20H23NO2. The smallest absolute Gasteiger partial charge is 0.255 e. The molecule has 2 atom stereocenters. The van der Waals surface area contributed by atoms with Gasteiger partial charge in [-0.15, -0.1) is 0 Å². The van der Waals surface area contributed by atoms with Gasteiger partial charge in [-0.1, -0.05) is 42.5 Å². The molecular weight excluding hydrogens is 286 g/mol. The lowest BCUT2D eigenvalue weighted by Crippen LogP contribution is -2.26. The fourth-order valence-corrected chi connectivity index (χ4v) is 2.91. The molecule has 1 N–H and O–H groups in total. The molecule has 0 aliphatic heterocycles. The van der Waals surface area contributed by atoms with E-state index in [9.17, 15) is 4.79 Å². The number of hydrogen-bond donors (Lipinski definition) is 1. The largest absolute Gasteiger partial charge is 0.490 e. The number of para-hydroxylation sites is 1. The van der Waals surface area contributed by atoms with Gasteiger partial charge in [0.1, 0.15) is 5.75 Å². The van der Waals surface area contributed by atoms with E-state index in [0.29, 0.717) is 29.7 Å². The average Bonchev–Trinajstić information content (AvgIpc) is 3.33. The van der Waals surface area contributed by atoms with Crippen LogP contribution in [0.3, 0.4) is 0 Å². The third-order valence-electron chi connectivity index (χ3n) is 4.17. The van der Waals surface area contributed by atoms with Crippen molar-refractivity contribution in [2.45, 2.75) is 32.3 Å². The Morgan fingerprint density at radius 2 is 1.83 bits per heavy atom. The maximum atomic E-state index is 12.4. The van der Waals surface area contributed by atoms with E-state index in [1.165, 1.54) is 5.56 Å². The second-order valence-corrected chi connectivity index (χ2v) is 6.39. The fraction of sp³-hybridized carbons (Fsp3) is 0.350. The van der Waals surface area contributed by atoms with Gasteiger partial charge in [-0.3, -0.25) is 4.79 Å². The fourth-order valence-electron chi connectivity index (χ4n) is 2.91. The first kappa shape index (κ1) is 15.6. The zero-order chi connectivity index (χ0) is 16.2. The van der Waals surface area contributed by atoms with Crippen LogP contribution < -0.4 is 10.1 Å². The van der Waals surface area contributed by atoms with E-state index >= 15 is 0 Å². The molecule has 0 radical (unpaired) electrons. The number of carbonyl (C=O) groups is 1. The predicted molar refractivity (Wildman–Crippen MR) is 91.8 cm³/mol. The van der Waals surface area contributed by atoms with E-state index in [0.717, 1.165) is 6.42 Å². The summed E-state index contributed by atoms with van der Waals surface area (Å²) in [5, 5.41) is 3.06. The number of amides is 1. The van der Waals surface area contributed by atoms with Crippen molar-refractivity contribution in [2.75, 3.05) is 6.54 Å². The predicted octanol–water partition coefficient (Wildman–Crippen LogP) is 4.01. The molecule has 3 heteroatoms. The summed E-state index contributed by atoms with van der Waals surface area (Å²) < 4.78 is 5.72. The van der Waals surface area contributed by atoms with Crippen LogP contribution in [0.2, 0.25) is 0 Å². The summed E-state index contributed by atoms with van der Waals surface area (Å²) in [6.07, 6.45) is 1.20. The van der Waals surface area contributed by atoms with Crippen LogP contribution >= 0.6 is 0 Å². The monoisotopic (exact) mass is 309 g/mol. The first-order valence-electron chi connectivity index (χ1n) is 8.24. The van der Waals surface area contributed by atoms with Crippen molar-refractivity contribution in [3.05, 3.63) is 65.7 Å². The van der Waals surface area contributed by atoms with Crippen molar-refractivity contribution in [1.29, 1.82) is 0 Å². The Bertz CT molecular complexity index is 666. The summed E-state index contributed by atoms with van der Waals surface area (Å²) in [6, 6.07) is 17.9.